The second-order valence-corrected chi connectivity index (χ2v) is 4.27. The lowest BCUT2D eigenvalue weighted by Crippen LogP contribution is -2.31. The maximum Gasteiger partial charge on any atom is 0.261 e. The molecule has 0 aliphatic rings. The number of benzene rings is 2. The Kier molecular flexibility index (Phi) is 3.89. The number of nitrogens with two attached hydrogens (primary N) is 1. The standard InChI is InChI=1S/C15H15FN2O2/c1-2-18(14-6-4-3-5-13(14)17)15(20)11-8-7-10(19)9-12(11)16/h3-9,19H,2,17H2,1H3. The van der Waals surface area contributed by atoms with Crippen LogP contribution in [0.5, 0.6) is 5.75 Å². The summed E-state index contributed by atoms with van der Waals surface area (Å²) in [7, 11) is 0. The summed E-state index contributed by atoms with van der Waals surface area (Å²) in [6.45, 7) is 2.13. The normalized spacial score (nSPS) is 10.3. The van der Waals surface area contributed by atoms with Gasteiger partial charge in [-0.25, -0.2) is 4.39 Å². The van der Waals surface area contributed by atoms with Crippen LogP contribution in [-0.2, 0) is 0 Å². The van der Waals surface area contributed by atoms with Crippen molar-refractivity contribution in [1.82, 2.24) is 0 Å². The van der Waals surface area contributed by atoms with Crippen LogP contribution < -0.4 is 10.6 Å². The van der Waals surface area contributed by atoms with E-state index in [9.17, 15) is 14.3 Å². The van der Waals surface area contributed by atoms with Crippen molar-refractivity contribution < 1.29 is 14.3 Å². The molecule has 20 heavy (non-hydrogen) atoms. The first-order valence-corrected chi connectivity index (χ1v) is 6.19. The molecule has 3 N–H and O–H groups in total. The second-order valence-electron chi connectivity index (χ2n) is 4.27. The lowest BCUT2D eigenvalue weighted by molar-refractivity contribution is 0.0984. The molecule has 0 aromatic heterocycles. The molecule has 4 nitrogen and oxygen atoms in total. The van der Waals surface area contributed by atoms with E-state index in [1.807, 2.05) is 0 Å². The molecular formula is C15H15FN2O2. The number of hydrogen-bond donors (Lipinski definition) is 2. The van der Waals surface area contributed by atoms with E-state index in [0.717, 1.165) is 6.07 Å². The summed E-state index contributed by atoms with van der Waals surface area (Å²) in [5.74, 6) is -1.48. The van der Waals surface area contributed by atoms with E-state index in [2.05, 4.69) is 0 Å². The van der Waals surface area contributed by atoms with Crippen LogP contribution >= 0.6 is 0 Å². The van der Waals surface area contributed by atoms with Gasteiger partial charge in [0.15, 0.2) is 0 Å². The first-order chi connectivity index (χ1) is 9.54. The molecule has 0 spiro atoms. The van der Waals surface area contributed by atoms with Gasteiger partial charge in [-0.1, -0.05) is 12.1 Å². The molecule has 2 aromatic rings. The molecule has 0 fully saturated rings. The third kappa shape index (κ3) is 2.56. The number of nitrogen functional groups attached to an aromatic ring is 1. The molecule has 104 valence electrons. The number of nitrogens with zero attached hydrogens (tertiary/aromatic N) is 1. The van der Waals surface area contributed by atoms with Gasteiger partial charge >= 0.3 is 0 Å². The summed E-state index contributed by atoms with van der Waals surface area (Å²) >= 11 is 0. The number of anilines is 2. The molecule has 0 atom stereocenters. The number of para-hydroxylation sites is 2. The third-order valence-corrected chi connectivity index (χ3v) is 2.97. The summed E-state index contributed by atoms with van der Waals surface area (Å²) in [6.07, 6.45) is 0. The minimum absolute atomic E-state index is 0.104. The Balaban J connectivity index is 2.42. The van der Waals surface area contributed by atoms with Gasteiger partial charge in [0, 0.05) is 12.6 Å². The maximum absolute atomic E-state index is 13.8. The lowest BCUT2D eigenvalue weighted by Gasteiger charge is -2.22. The largest absolute Gasteiger partial charge is 0.508 e. The first kappa shape index (κ1) is 13.9. The van der Waals surface area contributed by atoms with Crippen molar-refractivity contribution >= 4 is 17.3 Å². The highest BCUT2D eigenvalue weighted by Gasteiger charge is 2.21. The van der Waals surface area contributed by atoms with Gasteiger partial charge in [-0.05, 0) is 31.2 Å². The van der Waals surface area contributed by atoms with E-state index in [0.29, 0.717) is 17.9 Å². The second kappa shape index (κ2) is 5.61. The third-order valence-electron chi connectivity index (χ3n) is 2.97. The van der Waals surface area contributed by atoms with Gasteiger partial charge in [0.05, 0.1) is 16.9 Å². The van der Waals surface area contributed by atoms with Gasteiger partial charge in [0.25, 0.3) is 5.91 Å². The van der Waals surface area contributed by atoms with E-state index in [-0.39, 0.29) is 11.3 Å². The van der Waals surface area contributed by atoms with Crippen LogP contribution in [0, 0.1) is 5.82 Å². The van der Waals surface area contributed by atoms with Crippen LogP contribution in [0.4, 0.5) is 15.8 Å². The van der Waals surface area contributed by atoms with E-state index in [1.165, 1.54) is 17.0 Å². The molecule has 5 heteroatoms. The minimum atomic E-state index is -0.761. The Morgan fingerprint density at radius 1 is 1.30 bits per heavy atom. The summed E-state index contributed by atoms with van der Waals surface area (Å²) in [5.41, 5.74) is 6.72. The smallest absolute Gasteiger partial charge is 0.261 e. The minimum Gasteiger partial charge on any atom is -0.508 e. The molecule has 0 heterocycles. The molecule has 0 saturated heterocycles. The zero-order valence-corrected chi connectivity index (χ0v) is 11.0. The number of aromatic hydroxyl groups is 1. The number of amides is 1. The quantitative estimate of drug-likeness (QED) is 0.846. The molecule has 0 radical (unpaired) electrons. The van der Waals surface area contributed by atoms with Crippen LogP contribution in [0.15, 0.2) is 42.5 Å². The predicted octanol–water partition coefficient (Wildman–Crippen LogP) is 2.78. The Labute approximate surface area is 116 Å². The Hall–Kier alpha value is -2.56. The fourth-order valence-corrected chi connectivity index (χ4v) is 1.98. The number of phenolic OH excluding ortho intramolecular Hbond substituents is 1. The fraction of sp³-hybridized carbons (Fsp3) is 0.133. The van der Waals surface area contributed by atoms with E-state index < -0.39 is 11.7 Å². The first-order valence-electron chi connectivity index (χ1n) is 6.19. The highest BCUT2D eigenvalue weighted by atomic mass is 19.1. The van der Waals surface area contributed by atoms with Crippen molar-refractivity contribution in [2.75, 3.05) is 17.2 Å². The van der Waals surface area contributed by atoms with Crippen LogP contribution in [-0.4, -0.2) is 17.6 Å². The fourth-order valence-electron chi connectivity index (χ4n) is 1.98. The Bertz CT molecular complexity index is 644. The molecule has 2 rings (SSSR count). The predicted molar refractivity (Wildman–Crippen MR) is 76.3 cm³/mol. The molecular weight excluding hydrogens is 259 g/mol. The maximum atomic E-state index is 13.8. The zero-order chi connectivity index (χ0) is 14.7. The Morgan fingerprint density at radius 2 is 2.00 bits per heavy atom. The summed E-state index contributed by atoms with van der Waals surface area (Å²) in [4.78, 5) is 13.8. The summed E-state index contributed by atoms with van der Waals surface area (Å²) in [6, 6.07) is 10.4. The van der Waals surface area contributed by atoms with Gasteiger partial charge in [-0.15, -0.1) is 0 Å². The highest BCUT2D eigenvalue weighted by molar-refractivity contribution is 6.07. The lowest BCUT2D eigenvalue weighted by atomic mass is 10.1. The monoisotopic (exact) mass is 274 g/mol. The van der Waals surface area contributed by atoms with Gasteiger partial charge in [-0.2, -0.15) is 0 Å². The number of carbonyl (C=O) groups is 1. The Morgan fingerprint density at radius 3 is 2.60 bits per heavy atom. The van der Waals surface area contributed by atoms with E-state index >= 15 is 0 Å². The summed E-state index contributed by atoms with van der Waals surface area (Å²) < 4.78 is 13.8. The van der Waals surface area contributed by atoms with Crippen molar-refractivity contribution in [2.45, 2.75) is 6.92 Å². The van der Waals surface area contributed by atoms with Crippen molar-refractivity contribution in [1.29, 1.82) is 0 Å². The van der Waals surface area contributed by atoms with Gasteiger partial charge in [0.1, 0.15) is 11.6 Å². The molecule has 0 aliphatic carbocycles. The van der Waals surface area contributed by atoms with E-state index in [1.54, 1.807) is 31.2 Å². The SMILES string of the molecule is CCN(C(=O)c1ccc(O)cc1F)c1ccccc1N. The molecule has 1 amide bonds. The number of rotatable bonds is 3. The highest BCUT2D eigenvalue weighted by Crippen LogP contribution is 2.25. The number of hydrogen-bond acceptors (Lipinski definition) is 3. The van der Waals surface area contributed by atoms with Crippen LogP contribution in [0.2, 0.25) is 0 Å². The van der Waals surface area contributed by atoms with Crippen LogP contribution in [0.1, 0.15) is 17.3 Å². The van der Waals surface area contributed by atoms with E-state index in [4.69, 9.17) is 5.73 Å². The van der Waals surface area contributed by atoms with Crippen molar-refractivity contribution in [3.63, 3.8) is 0 Å². The van der Waals surface area contributed by atoms with Gasteiger partial charge in [0.2, 0.25) is 0 Å². The average Bonchev–Trinajstić information content (AvgIpc) is 2.41. The van der Waals surface area contributed by atoms with Gasteiger partial charge < -0.3 is 15.7 Å². The van der Waals surface area contributed by atoms with Crippen LogP contribution in [0.3, 0.4) is 0 Å². The topological polar surface area (TPSA) is 66.6 Å². The number of phenols is 1. The number of halogens is 1. The number of carbonyl (C=O) groups excluding carboxylic acids is 1. The van der Waals surface area contributed by atoms with Gasteiger partial charge in [-0.3, -0.25) is 4.79 Å². The summed E-state index contributed by atoms with van der Waals surface area (Å²) in [5, 5.41) is 9.19. The molecule has 2 aromatic carbocycles. The molecule has 0 aliphatic heterocycles. The molecule has 0 bridgehead atoms. The van der Waals surface area contributed by atoms with Crippen molar-refractivity contribution in [2.24, 2.45) is 0 Å². The van der Waals surface area contributed by atoms with Crippen molar-refractivity contribution in [3.8, 4) is 5.75 Å². The average molecular weight is 274 g/mol. The molecule has 0 unspecified atom stereocenters. The van der Waals surface area contributed by atoms with Crippen molar-refractivity contribution in [3.05, 3.63) is 53.8 Å². The zero-order valence-electron chi connectivity index (χ0n) is 11.0. The van der Waals surface area contributed by atoms with Crippen LogP contribution in [0.25, 0.3) is 0 Å². The molecule has 0 saturated carbocycles.